The molecule has 0 saturated heterocycles. The fraction of sp³-hybridized carbons (Fsp3) is 0.241. The van der Waals surface area contributed by atoms with Crippen molar-refractivity contribution in [2.45, 2.75) is 37.5 Å². The summed E-state index contributed by atoms with van der Waals surface area (Å²) >= 11 is 0.959. The van der Waals surface area contributed by atoms with Crippen molar-refractivity contribution < 1.29 is 22.7 Å². The molecule has 3 aromatic rings. The number of hydrogen-bond donors (Lipinski definition) is 2. The van der Waals surface area contributed by atoms with E-state index in [0.717, 1.165) is 30.1 Å². The molecule has 7 nitrogen and oxygen atoms in total. The van der Waals surface area contributed by atoms with Gasteiger partial charge in [0.2, 0.25) is 0 Å². The molecule has 1 aliphatic carbocycles. The second-order valence-corrected chi connectivity index (χ2v) is 11.7. The number of Topliss-reactive ketones (excluding diaryl/α,β-unsaturated/α-hetero) is 1. The summed E-state index contributed by atoms with van der Waals surface area (Å²) in [5, 5.41) is 1.10. The zero-order valence-corrected chi connectivity index (χ0v) is 22.7. The third-order valence-corrected chi connectivity index (χ3v) is 8.20. The molecule has 0 unspecified atom stereocenters. The summed E-state index contributed by atoms with van der Waals surface area (Å²) in [6, 6.07) is 14.5. The molecule has 4 rings (SSSR count). The summed E-state index contributed by atoms with van der Waals surface area (Å²) in [6.07, 6.45) is 11.6. The lowest BCUT2D eigenvalue weighted by molar-refractivity contribution is -0.113. The molecule has 198 valence electrons. The highest BCUT2D eigenvalue weighted by Crippen LogP contribution is 2.21. The number of fused-ring (bicyclic) bond motifs is 1. The molecule has 0 bridgehead atoms. The predicted octanol–water partition coefficient (Wildman–Crippen LogP) is 5.47. The van der Waals surface area contributed by atoms with Crippen LogP contribution in [0, 0.1) is 0 Å². The van der Waals surface area contributed by atoms with Crippen molar-refractivity contribution in [2.75, 3.05) is 12.4 Å². The average molecular weight is 551 g/mol. The van der Waals surface area contributed by atoms with E-state index in [1.807, 2.05) is 18.3 Å². The van der Waals surface area contributed by atoms with Crippen molar-refractivity contribution in [3.8, 4) is 5.75 Å². The van der Waals surface area contributed by atoms with Gasteiger partial charge in [-0.3, -0.25) is 14.3 Å². The lowest BCUT2D eigenvalue weighted by atomic mass is 10.1. The average Bonchev–Trinajstić information content (AvgIpc) is 3.30. The number of H-pyrrole nitrogens is 1. The Morgan fingerprint density at radius 1 is 1.03 bits per heavy atom. The Labute approximate surface area is 227 Å². The molecule has 9 heteroatoms. The monoisotopic (exact) mass is 550 g/mol. The summed E-state index contributed by atoms with van der Waals surface area (Å²) in [6.45, 7) is 1.93. The van der Waals surface area contributed by atoms with Crippen LogP contribution in [0.25, 0.3) is 10.9 Å². The van der Waals surface area contributed by atoms with Crippen LogP contribution in [0.4, 0.5) is 0 Å². The number of aromatic nitrogens is 1. The minimum Gasteiger partial charge on any atom is -0.494 e. The number of nitrogens with one attached hydrogen (secondary N) is 2. The normalized spacial score (nSPS) is 16.0. The number of para-hydroxylation sites is 1. The van der Waals surface area contributed by atoms with Gasteiger partial charge in [0.1, 0.15) is 5.75 Å². The number of carbonyl (C=O) groups is 2. The van der Waals surface area contributed by atoms with E-state index in [-0.39, 0.29) is 21.5 Å². The van der Waals surface area contributed by atoms with Gasteiger partial charge >= 0.3 is 0 Å². The maximum atomic E-state index is 12.9. The van der Waals surface area contributed by atoms with E-state index in [1.165, 1.54) is 30.0 Å². The van der Waals surface area contributed by atoms with Crippen LogP contribution in [-0.4, -0.2) is 36.7 Å². The van der Waals surface area contributed by atoms with E-state index in [4.69, 9.17) is 4.74 Å². The van der Waals surface area contributed by atoms with Crippen LogP contribution in [0.1, 0.15) is 31.7 Å². The highest BCUT2D eigenvalue weighted by Gasteiger charge is 2.16. The lowest BCUT2D eigenvalue weighted by Gasteiger charge is -2.12. The van der Waals surface area contributed by atoms with Crippen molar-refractivity contribution in [1.82, 2.24) is 9.71 Å². The molecule has 1 aliphatic rings. The van der Waals surface area contributed by atoms with Gasteiger partial charge in [-0.1, -0.05) is 42.1 Å². The van der Waals surface area contributed by atoms with Crippen molar-refractivity contribution in [3.05, 3.63) is 95.9 Å². The number of carbonyl (C=O) groups excluding carboxylic acids is 2. The molecular weight excluding hydrogens is 520 g/mol. The molecule has 0 spiro atoms. The van der Waals surface area contributed by atoms with Gasteiger partial charge in [0.15, 0.2) is 10.9 Å². The first-order chi connectivity index (χ1) is 18.3. The number of aromatic amines is 1. The maximum Gasteiger partial charge on any atom is 0.261 e. The first-order valence-electron chi connectivity index (χ1n) is 12.4. The second kappa shape index (κ2) is 12.8. The van der Waals surface area contributed by atoms with Gasteiger partial charge in [-0.25, -0.2) is 8.42 Å². The third kappa shape index (κ3) is 7.49. The summed E-state index contributed by atoms with van der Waals surface area (Å²) in [5.41, 5.74) is 3.22. The molecule has 1 aromatic heterocycles. The zero-order valence-electron chi connectivity index (χ0n) is 21.1. The first-order valence-corrected chi connectivity index (χ1v) is 14.8. The second-order valence-electron chi connectivity index (χ2n) is 8.82. The van der Waals surface area contributed by atoms with Gasteiger partial charge in [0.25, 0.3) is 10.0 Å². The van der Waals surface area contributed by atoms with Crippen LogP contribution in [-0.2, 0) is 26.0 Å². The van der Waals surface area contributed by atoms with Crippen LogP contribution in [0.5, 0.6) is 5.75 Å². The summed E-state index contributed by atoms with van der Waals surface area (Å²) < 4.78 is 34.3. The Kier molecular flexibility index (Phi) is 9.25. The van der Waals surface area contributed by atoms with E-state index in [1.54, 1.807) is 36.4 Å². The first kappa shape index (κ1) is 27.5. The van der Waals surface area contributed by atoms with Crippen LogP contribution in [0.2, 0.25) is 0 Å². The van der Waals surface area contributed by atoms with Crippen molar-refractivity contribution in [2.24, 2.45) is 0 Å². The largest absolute Gasteiger partial charge is 0.494 e. The number of allylic oxidation sites excluding steroid dienone is 5. The minimum absolute atomic E-state index is 0.0632. The molecule has 2 N–H and O–H groups in total. The SMILES string of the molecule is CC(=O)SCC(=O)C1=C/CCC=C(NS(=O)(=O)c2ccc(OCCCc3c[nH]c4ccccc34)cc2)/C=C\1. The maximum absolute atomic E-state index is 12.9. The Morgan fingerprint density at radius 3 is 2.58 bits per heavy atom. The molecule has 2 aromatic carbocycles. The smallest absolute Gasteiger partial charge is 0.261 e. The fourth-order valence-corrected chi connectivity index (χ4v) is 5.62. The van der Waals surface area contributed by atoms with Crippen LogP contribution in [0.3, 0.4) is 0 Å². The molecule has 0 amide bonds. The van der Waals surface area contributed by atoms with Crippen molar-refractivity contribution in [3.63, 3.8) is 0 Å². The number of ether oxygens (including phenoxy) is 1. The molecule has 0 saturated carbocycles. The molecular formula is C29H30N2O5S2. The summed E-state index contributed by atoms with van der Waals surface area (Å²) in [7, 11) is -3.82. The number of sulfonamides is 1. The van der Waals surface area contributed by atoms with Gasteiger partial charge < -0.3 is 9.72 Å². The van der Waals surface area contributed by atoms with Crippen LogP contribution in [0.15, 0.2) is 95.2 Å². The van der Waals surface area contributed by atoms with Crippen molar-refractivity contribution in [1.29, 1.82) is 0 Å². The number of aryl methyl sites for hydroxylation is 1. The van der Waals surface area contributed by atoms with E-state index >= 15 is 0 Å². The quantitative estimate of drug-likeness (QED) is 0.307. The summed E-state index contributed by atoms with van der Waals surface area (Å²) in [4.78, 5) is 26.9. The topological polar surface area (TPSA) is 105 Å². The highest BCUT2D eigenvalue weighted by atomic mass is 32.2. The Bertz CT molecular complexity index is 1500. The van der Waals surface area contributed by atoms with E-state index < -0.39 is 10.0 Å². The molecule has 0 aliphatic heterocycles. The predicted molar refractivity (Wildman–Crippen MR) is 152 cm³/mol. The lowest BCUT2D eigenvalue weighted by Crippen LogP contribution is -2.22. The molecule has 1 heterocycles. The Morgan fingerprint density at radius 2 is 1.79 bits per heavy atom. The number of ketones is 1. The molecule has 0 atom stereocenters. The van der Waals surface area contributed by atoms with Gasteiger partial charge in [0.05, 0.1) is 17.3 Å². The Hall–Kier alpha value is -3.56. The highest BCUT2D eigenvalue weighted by molar-refractivity contribution is 8.14. The minimum atomic E-state index is -3.82. The van der Waals surface area contributed by atoms with E-state index in [0.29, 0.717) is 36.5 Å². The van der Waals surface area contributed by atoms with Gasteiger partial charge in [-0.2, -0.15) is 0 Å². The van der Waals surface area contributed by atoms with Crippen LogP contribution >= 0.6 is 11.8 Å². The number of benzene rings is 2. The van der Waals surface area contributed by atoms with Gasteiger partial charge in [-0.15, -0.1) is 0 Å². The number of hydrogen-bond acceptors (Lipinski definition) is 6. The molecule has 0 fully saturated rings. The molecule has 0 radical (unpaired) electrons. The molecule has 38 heavy (non-hydrogen) atoms. The van der Waals surface area contributed by atoms with E-state index in [9.17, 15) is 18.0 Å². The van der Waals surface area contributed by atoms with E-state index in [2.05, 4.69) is 21.8 Å². The zero-order chi connectivity index (χ0) is 27.0. The standard InChI is InChI=1S/C29H30N2O5S2/c1-21(32)37-20-29(33)22-7-2-3-9-24(13-12-22)31-38(34,35)26-16-14-25(15-17-26)36-18-6-8-23-19-30-28-11-5-4-10-27(23)28/h4-5,7,9-17,19,30-31H,2-3,6,8,18,20H2,1H3/b13-12-,22-7+,24-9?. The van der Waals surface area contributed by atoms with Crippen molar-refractivity contribution >= 4 is 43.6 Å². The van der Waals surface area contributed by atoms with Gasteiger partial charge in [-0.05, 0) is 73.7 Å². The third-order valence-electron chi connectivity index (χ3n) is 5.99. The Balaban J connectivity index is 1.30. The number of rotatable bonds is 11. The van der Waals surface area contributed by atoms with Crippen LogP contribution < -0.4 is 9.46 Å². The van der Waals surface area contributed by atoms with Gasteiger partial charge in [0, 0.05) is 35.3 Å². The summed E-state index contributed by atoms with van der Waals surface area (Å²) in [5.74, 6) is 0.501. The fourth-order valence-electron chi connectivity index (χ4n) is 4.05. The number of thioether (sulfide) groups is 1.